The third kappa shape index (κ3) is 2.06. The topological polar surface area (TPSA) is 45.6 Å². The minimum Gasteiger partial charge on any atom is -0.494 e. The summed E-state index contributed by atoms with van der Waals surface area (Å²) in [5.41, 5.74) is 9.03. The zero-order valence-electron chi connectivity index (χ0n) is 6.45. The molecule has 1 rings (SSSR count). The van der Waals surface area contributed by atoms with Gasteiger partial charge in [-0.25, -0.2) is 0 Å². The quantitative estimate of drug-likeness (QED) is 0.435. The Kier molecular flexibility index (Phi) is 2.64. The minimum absolute atomic E-state index is 0.641. The molecule has 0 unspecified atom stereocenters. The highest BCUT2D eigenvalue weighted by Gasteiger charge is 2.07. The van der Waals surface area contributed by atoms with Crippen LogP contribution in [0.25, 0.3) is 5.53 Å². The number of rotatable bonds is 2. The predicted molar refractivity (Wildman–Crippen MR) is 42.1 cm³/mol. The fraction of sp³-hybridized carbons (Fsp3) is 0.375. The van der Waals surface area contributed by atoms with Crippen LogP contribution in [0.3, 0.4) is 0 Å². The number of allylic oxidation sites excluding steroid dienone is 3. The van der Waals surface area contributed by atoms with Gasteiger partial charge in [0.05, 0.1) is 13.0 Å². The lowest BCUT2D eigenvalue weighted by Gasteiger charge is -2.04. The normalized spacial score (nSPS) is 15.7. The summed E-state index contributed by atoms with van der Waals surface area (Å²) in [6.45, 7) is 2.60. The van der Waals surface area contributed by atoms with Gasteiger partial charge in [-0.2, -0.15) is 4.79 Å². The molecule has 0 aromatic rings. The van der Waals surface area contributed by atoms with Gasteiger partial charge in [0.1, 0.15) is 5.76 Å². The molecule has 3 nitrogen and oxygen atoms in total. The number of nitrogens with zero attached hydrogens (tertiary/aromatic N) is 2. The molecule has 3 heteroatoms. The fourth-order valence-electron chi connectivity index (χ4n) is 0.867. The van der Waals surface area contributed by atoms with Gasteiger partial charge in [0, 0.05) is 6.08 Å². The summed E-state index contributed by atoms with van der Waals surface area (Å²) in [5.74, 6) is 0.847. The molecule has 1 aliphatic rings. The molecular formula is C8H10N2O. The van der Waals surface area contributed by atoms with Crippen molar-refractivity contribution in [2.24, 2.45) is 0 Å². The van der Waals surface area contributed by atoms with E-state index in [1.807, 2.05) is 13.0 Å². The van der Waals surface area contributed by atoms with Crippen molar-refractivity contribution in [1.82, 2.24) is 0 Å². The van der Waals surface area contributed by atoms with Gasteiger partial charge in [0.2, 0.25) is 0 Å². The molecule has 0 saturated heterocycles. The van der Waals surface area contributed by atoms with Crippen LogP contribution in [0.15, 0.2) is 24.0 Å². The Morgan fingerprint density at radius 1 is 1.64 bits per heavy atom. The Morgan fingerprint density at radius 2 is 2.45 bits per heavy atom. The van der Waals surface area contributed by atoms with Gasteiger partial charge in [-0.3, -0.25) is 0 Å². The van der Waals surface area contributed by atoms with E-state index in [0.717, 1.165) is 5.76 Å². The standard InChI is InChI=1S/C8H10N2O/c1-2-11-8-5-3-7(10-9)4-6-8/h3,5-6H,2,4H2,1H3. The van der Waals surface area contributed by atoms with Crippen molar-refractivity contribution in [1.29, 1.82) is 0 Å². The molecule has 58 valence electrons. The second-order valence-corrected chi connectivity index (χ2v) is 2.17. The van der Waals surface area contributed by atoms with E-state index in [1.54, 1.807) is 12.2 Å². The predicted octanol–water partition coefficient (Wildman–Crippen LogP) is 1.54. The van der Waals surface area contributed by atoms with Crippen LogP contribution in [-0.4, -0.2) is 17.1 Å². The maximum Gasteiger partial charge on any atom is 0.296 e. The number of hydrogen-bond donors (Lipinski definition) is 0. The third-order valence-corrected chi connectivity index (χ3v) is 1.39. The van der Waals surface area contributed by atoms with E-state index < -0.39 is 0 Å². The van der Waals surface area contributed by atoms with Crippen LogP contribution in [0.1, 0.15) is 13.3 Å². The van der Waals surface area contributed by atoms with Crippen molar-refractivity contribution >= 4 is 5.71 Å². The number of ether oxygens (including phenoxy) is 1. The van der Waals surface area contributed by atoms with Gasteiger partial charge in [-0.05, 0) is 19.1 Å². The van der Waals surface area contributed by atoms with E-state index in [1.165, 1.54) is 0 Å². The molecule has 0 saturated carbocycles. The first-order valence-electron chi connectivity index (χ1n) is 3.58. The van der Waals surface area contributed by atoms with Crippen molar-refractivity contribution in [3.63, 3.8) is 0 Å². The summed E-state index contributed by atoms with van der Waals surface area (Å²) in [7, 11) is 0. The Hall–Kier alpha value is -1.34. The molecule has 0 N–H and O–H groups in total. The molecular weight excluding hydrogens is 140 g/mol. The van der Waals surface area contributed by atoms with Crippen LogP contribution >= 0.6 is 0 Å². The van der Waals surface area contributed by atoms with Crippen molar-refractivity contribution in [2.75, 3.05) is 6.61 Å². The first kappa shape index (κ1) is 7.76. The molecule has 0 aromatic heterocycles. The highest BCUT2D eigenvalue weighted by Crippen LogP contribution is 2.07. The van der Waals surface area contributed by atoms with Gasteiger partial charge in [0.25, 0.3) is 5.71 Å². The molecule has 0 radical (unpaired) electrons. The average Bonchev–Trinajstić information content (AvgIpc) is 2.07. The third-order valence-electron chi connectivity index (χ3n) is 1.39. The van der Waals surface area contributed by atoms with E-state index in [2.05, 4.69) is 4.79 Å². The van der Waals surface area contributed by atoms with Crippen LogP contribution in [0.4, 0.5) is 0 Å². The maximum atomic E-state index is 8.37. The van der Waals surface area contributed by atoms with E-state index in [0.29, 0.717) is 18.7 Å². The van der Waals surface area contributed by atoms with Gasteiger partial charge in [-0.1, -0.05) is 0 Å². The van der Waals surface area contributed by atoms with Gasteiger partial charge >= 0.3 is 0 Å². The smallest absolute Gasteiger partial charge is 0.296 e. The highest BCUT2D eigenvalue weighted by molar-refractivity contribution is 5.92. The van der Waals surface area contributed by atoms with Gasteiger partial charge in [0.15, 0.2) is 0 Å². The van der Waals surface area contributed by atoms with E-state index in [9.17, 15) is 0 Å². The van der Waals surface area contributed by atoms with Gasteiger partial charge < -0.3 is 10.3 Å². The van der Waals surface area contributed by atoms with Crippen LogP contribution in [-0.2, 0) is 4.74 Å². The van der Waals surface area contributed by atoms with Crippen molar-refractivity contribution in [3.8, 4) is 0 Å². The first-order valence-corrected chi connectivity index (χ1v) is 3.58. The summed E-state index contributed by atoms with van der Waals surface area (Å²) in [6, 6.07) is 0. The lowest BCUT2D eigenvalue weighted by Crippen LogP contribution is -2.00. The van der Waals surface area contributed by atoms with Crippen LogP contribution in [0.2, 0.25) is 0 Å². The average molecular weight is 150 g/mol. The second kappa shape index (κ2) is 3.74. The summed E-state index contributed by atoms with van der Waals surface area (Å²) in [5, 5.41) is 0. The van der Waals surface area contributed by atoms with Crippen LogP contribution in [0.5, 0.6) is 0 Å². The Balaban J connectivity index is 2.59. The highest BCUT2D eigenvalue weighted by atomic mass is 16.5. The Morgan fingerprint density at radius 3 is 2.91 bits per heavy atom. The van der Waals surface area contributed by atoms with Crippen LogP contribution < -0.4 is 0 Å². The maximum absolute atomic E-state index is 8.37. The van der Waals surface area contributed by atoms with Gasteiger partial charge in [-0.15, -0.1) is 0 Å². The molecule has 0 atom stereocenters. The number of hydrogen-bond acceptors (Lipinski definition) is 1. The lowest BCUT2D eigenvalue weighted by molar-refractivity contribution is -0.00557. The molecule has 0 fully saturated rings. The van der Waals surface area contributed by atoms with E-state index in [4.69, 9.17) is 10.3 Å². The summed E-state index contributed by atoms with van der Waals surface area (Å²) in [6.07, 6.45) is 6.06. The molecule has 0 amide bonds. The summed E-state index contributed by atoms with van der Waals surface area (Å²) in [4.78, 5) is 3.07. The lowest BCUT2D eigenvalue weighted by atomic mass is 10.1. The zero-order valence-corrected chi connectivity index (χ0v) is 6.45. The molecule has 1 aliphatic carbocycles. The Bertz CT molecular complexity index is 247. The Labute approximate surface area is 65.6 Å². The minimum atomic E-state index is 0.641. The van der Waals surface area contributed by atoms with Crippen LogP contribution in [0, 0.1) is 0 Å². The monoisotopic (exact) mass is 150 g/mol. The summed E-state index contributed by atoms with van der Waals surface area (Å²) < 4.78 is 5.21. The molecule has 0 spiro atoms. The largest absolute Gasteiger partial charge is 0.494 e. The summed E-state index contributed by atoms with van der Waals surface area (Å²) >= 11 is 0. The van der Waals surface area contributed by atoms with Crippen molar-refractivity contribution < 1.29 is 9.53 Å². The molecule has 0 aromatic carbocycles. The zero-order chi connectivity index (χ0) is 8.10. The fourth-order valence-corrected chi connectivity index (χ4v) is 0.867. The molecule has 0 bridgehead atoms. The molecule has 0 heterocycles. The first-order chi connectivity index (χ1) is 5.36. The van der Waals surface area contributed by atoms with Crippen molar-refractivity contribution in [2.45, 2.75) is 13.3 Å². The van der Waals surface area contributed by atoms with E-state index >= 15 is 0 Å². The SMILES string of the molecule is CCOC1=CCC(=[N+]=[N-])C=C1. The van der Waals surface area contributed by atoms with E-state index in [-0.39, 0.29) is 0 Å². The second-order valence-electron chi connectivity index (χ2n) is 2.17. The molecule has 11 heavy (non-hydrogen) atoms. The van der Waals surface area contributed by atoms with Crippen molar-refractivity contribution in [3.05, 3.63) is 29.5 Å². The molecule has 0 aliphatic heterocycles.